The highest BCUT2D eigenvalue weighted by Crippen LogP contribution is 2.25. The average Bonchev–Trinajstić information content (AvgIpc) is 2.32. The van der Waals surface area contributed by atoms with Gasteiger partial charge in [0, 0.05) is 12.1 Å². The third kappa shape index (κ3) is 1.96. The van der Waals surface area contributed by atoms with Crippen molar-refractivity contribution >= 4 is 0 Å². The van der Waals surface area contributed by atoms with Crippen LogP contribution in [-0.2, 0) is 0 Å². The fraction of sp³-hybridized carbons (Fsp3) is 1.00. The van der Waals surface area contributed by atoms with Crippen molar-refractivity contribution in [2.45, 2.75) is 52.6 Å². The minimum Gasteiger partial charge on any atom is -0.298 e. The first-order chi connectivity index (χ1) is 5.13. The maximum absolute atomic E-state index is 2.64. The lowest BCUT2D eigenvalue weighted by atomic mass is 10.0. The van der Waals surface area contributed by atoms with Crippen LogP contribution in [0.25, 0.3) is 0 Å². The lowest BCUT2D eigenvalue weighted by Crippen LogP contribution is -2.38. The summed E-state index contributed by atoms with van der Waals surface area (Å²) in [7, 11) is 0. The zero-order valence-electron chi connectivity index (χ0n) is 8.30. The van der Waals surface area contributed by atoms with Crippen molar-refractivity contribution in [1.29, 1.82) is 0 Å². The summed E-state index contributed by atoms with van der Waals surface area (Å²) in [5, 5.41) is 0. The van der Waals surface area contributed by atoms with Crippen LogP contribution >= 0.6 is 0 Å². The predicted molar refractivity (Wildman–Crippen MR) is 49.7 cm³/mol. The molecule has 1 fully saturated rings. The van der Waals surface area contributed by atoms with Gasteiger partial charge in [0.1, 0.15) is 0 Å². The van der Waals surface area contributed by atoms with Crippen LogP contribution in [0.15, 0.2) is 0 Å². The van der Waals surface area contributed by atoms with Crippen molar-refractivity contribution in [3.63, 3.8) is 0 Å². The molecule has 11 heavy (non-hydrogen) atoms. The van der Waals surface area contributed by atoms with Crippen molar-refractivity contribution in [3.8, 4) is 0 Å². The van der Waals surface area contributed by atoms with Crippen molar-refractivity contribution < 1.29 is 0 Å². The second-order valence-corrected chi connectivity index (χ2v) is 4.29. The summed E-state index contributed by atoms with van der Waals surface area (Å²) in [6.07, 6.45) is 2.82. The molecule has 0 unspecified atom stereocenters. The largest absolute Gasteiger partial charge is 0.298 e. The molecule has 0 radical (unpaired) electrons. The van der Waals surface area contributed by atoms with Gasteiger partial charge in [-0.25, -0.2) is 0 Å². The van der Waals surface area contributed by atoms with Crippen molar-refractivity contribution in [2.24, 2.45) is 5.92 Å². The first-order valence-corrected chi connectivity index (χ1v) is 4.88. The summed E-state index contributed by atoms with van der Waals surface area (Å²) < 4.78 is 0. The second kappa shape index (κ2) is 3.57. The standard InChI is InChI=1S/C10H21N/c1-8(2)10-6-5-7-11(10)9(3)4/h8-10H,5-7H2,1-4H3/t10-/m0/s1. The van der Waals surface area contributed by atoms with E-state index in [1.165, 1.54) is 19.4 Å². The number of rotatable bonds is 2. The zero-order valence-corrected chi connectivity index (χ0v) is 8.30. The minimum atomic E-state index is 0.741. The number of likely N-dealkylation sites (tertiary alicyclic amines) is 1. The lowest BCUT2D eigenvalue weighted by molar-refractivity contribution is 0.166. The van der Waals surface area contributed by atoms with Crippen molar-refractivity contribution in [1.82, 2.24) is 4.90 Å². The zero-order chi connectivity index (χ0) is 8.43. The molecule has 1 rings (SSSR count). The predicted octanol–water partition coefficient (Wildman–Crippen LogP) is 2.52. The number of hydrogen-bond acceptors (Lipinski definition) is 1. The van der Waals surface area contributed by atoms with E-state index in [1.807, 2.05) is 0 Å². The monoisotopic (exact) mass is 155 g/mol. The van der Waals surface area contributed by atoms with Crippen LogP contribution in [-0.4, -0.2) is 23.5 Å². The van der Waals surface area contributed by atoms with Crippen LogP contribution in [0, 0.1) is 5.92 Å². The van der Waals surface area contributed by atoms with Gasteiger partial charge in [0.25, 0.3) is 0 Å². The molecule has 1 atom stereocenters. The third-order valence-electron chi connectivity index (χ3n) is 2.78. The normalized spacial score (nSPS) is 27.3. The van der Waals surface area contributed by atoms with Crippen LogP contribution in [0.4, 0.5) is 0 Å². The molecule has 1 aliphatic heterocycles. The molecule has 0 aromatic carbocycles. The minimum absolute atomic E-state index is 0.741. The fourth-order valence-electron chi connectivity index (χ4n) is 2.17. The van der Waals surface area contributed by atoms with Gasteiger partial charge in [0.05, 0.1) is 0 Å². The highest BCUT2D eigenvalue weighted by molar-refractivity contribution is 4.83. The van der Waals surface area contributed by atoms with E-state index >= 15 is 0 Å². The van der Waals surface area contributed by atoms with Gasteiger partial charge in [0.2, 0.25) is 0 Å². The molecule has 0 aromatic rings. The van der Waals surface area contributed by atoms with Gasteiger partial charge in [-0.05, 0) is 39.2 Å². The van der Waals surface area contributed by atoms with Gasteiger partial charge in [-0.3, -0.25) is 4.90 Å². The van der Waals surface area contributed by atoms with Gasteiger partial charge >= 0.3 is 0 Å². The van der Waals surface area contributed by atoms with E-state index in [0.717, 1.165) is 18.0 Å². The number of hydrogen-bond donors (Lipinski definition) is 0. The fourth-order valence-corrected chi connectivity index (χ4v) is 2.17. The number of nitrogens with zero attached hydrogens (tertiary/aromatic N) is 1. The first-order valence-electron chi connectivity index (χ1n) is 4.88. The van der Waals surface area contributed by atoms with E-state index in [2.05, 4.69) is 32.6 Å². The Bertz CT molecular complexity index is 104. The van der Waals surface area contributed by atoms with Crippen molar-refractivity contribution in [3.05, 3.63) is 0 Å². The topological polar surface area (TPSA) is 3.24 Å². The molecule has 0 aliphatic carbocycles. The quantitative estimate of drug-likeness (QED) is 0.592. The molecule has 0 bridgehead atoms. The van der Waals surface area contributed by atoms with Crippen LogP contribution < -0.4 is 0 Å². The van der Waals surface area contributed by atoms with Gasteiger partial charge in [0.15, 0.2) is 0 Å². The van der Waals surface area contributed by atoms with Crippen LogP contribution in [0.5, 0.6) is 0 Å². The molecule has 0 spiro atoms. The molecule has 1 nitrogen and oxygen atoms in total. The molecule has 0 aromatic heterocycles. The van der Waals surface area contributed by atoms with E-state index in [0.29, 0.717) is 0 Å². The molecule has 66 valence electrons. The smallest absolute Gasteiger partial charge is 0.0121 e. The summed E-state index contributed by atoms with van der Waals surface area (Å²) in [5.74, 6) is 0.833. The van der Waals surface area contributed by atoms with Crippen LogP contribution in [0.2, 0.25) is 0 Å². The maximum atomic E-state index is 2.64. The highest BCUT2D eigenvalue weighted by atomic mass is 15.2. The SMILES string of the molecule is CC(C)[C@@H]1CCCN1C(C)C. The highest BCUT2D eigenvalue weighted by Gasteiger charge is 2.28. The van der Waals surface area contributed by atoms with Gasteiger partial charge < -0.3 is 0 Å². The molecule has 0 saturated carbocycles. The Kier molecular flexibility index (Phi) is 2.94. The van der Waals surface area contributed by atoms with Crippen molar-refractivity contribution in [2.75, 3.05) is 6.54 Å². The summed E-state index contributed by atoms with van der Waals surface area (Å²) in [6.45, 7) is 10.6. The Morgan fingerprint density at radius 1 is 1.18 bits per heavy atom. The average molecular weight is 155 g/mol. The van der Waals surface area contributed by atoms with E-state index in [1.54, 1.807) is 0 Å². The Balaban J connectivity index is 2.51. The molecule has 0 N–H and O–H groups in total. The Morgan fingerprint density at radius 3 is 2.18 bits per heavy atom. The summed E-state index contributed by atoms with van der Waals surface area (Å²) in [5.41, 5.74) is 0. The Hall–Kier alpha value is -0.0400. The first kappa shape index (κ1) is 9.05. The molecule has 1 saturated heterocycles. The van der Waals surface area contributed by atoms with Gasteiger partial charge in [-0.2, -0.15) is 0 Å². The third-order valence-corrected chi connectivity index (χ3v) is 2.78. The van der Waals surface area contributed by atoms with Gasteiger partial charge in [-0.1, -0.05) is 13.8 Å². The van der Waals surface area contributed by atoms with Crippen LogP contribution in [0.3, 0.4) is 0 Å². The van der Waals surface area contributed by atoms with E-state index in [4.69, 9.17) is 0 Å². The second-order valence-electron chi connectivity index (χ2n) is 4.29. The summed E-state index contributed by atoms with van der Waals surface area (Å²) in [6, 6.07) is 1.60. The molecule has 1 aliphatic rings. The van der Waals surface area contributed by atoms with Gasteiger partial charge in [-0.15, -0.1) is 0 Å². The van der Waals surface area contributed by atoms with E-state index in [-0.39, 0.29) is 0 Å². The molecular formula is C10H21N. The Labute approximate surface area is 70.8 Å². The lowest BCUT2D eigenvalue weighted by Gasteiger charge is -2.30. The van der Waals surface area contributed by atoms with Crippen LogP contribution in [0.1, 0.15) is 40.5 Å². The maximum Gasteiger partial charge on any atom is 0.0121 e. The molecular weight excluding hydrogens is 134 g/mol. The summed E-state index contributed by atoms with van der Waals surface area (Å²) >= 11 is 0. The molecule has 0 amide bonds. The van der Waals surface area contributed by atoms with E-state index < -0.39 is 0 Å². The molecule has 1 heteroatoms. The Morgan fingerprint density at radius 2 is 1.82 bits per heavy atom. The summed E-state index contributed by atoms with van der Waals surface area (Å²) in [4.78, 5) is 2.64. The molecule has 1 heterocycles. The van der Waals surface area contributed by atoms with E-state index in [9.17, 15) is 0 Å².